The Kier molecular flexibility index (Phi) is 176. The predicted molar refractivity (Wildman–Crippen MR) is 478 cm³/mol. The molecule has 3 aromatic carbocycles. The fraction of sp³-hybridized carbons (Fsp3) is 0.647. The molecule has 3 atom stereocenters. The van der Waals surface area contributed by atoms with Crippen molar-refractivity contribution in [3.8, 4) is 0 Å². The molecule has 1 N–H and O–H groups in total. The number of aliphatic hydroxyl groups is 1. The van der Waals surface area contributed by atoms with Crippen LogP contribution in [0.15, 0.2) is 54.6 Å². The zero-order valence-electron chi connectivity index (χ0n) is 56.0. The summed E-state index contributed by atoms with van der Waals surface area (Å²) >= 11 is 15.4. The van der Waals surface area contributed by atoms with Crippen molar-refractivity contribution in [3.63, 3.8) is 0 Å². The number of hydrogen-bond acceptors (Lipinski definition) is 3. The summed E-state index contributed by atoms with van der Waals surface area (Å²) in [5.41, 5.74) is 10.5. The standard InChI is InChI=1S/C10H10O.C9H7O.C8H7O.C7H14.2C6H11.9C2H6.CH2I2.3CH4.BH2I3P.HI2P.H2IP.3V/c1-6-9-4-3-8(7(2)11)5-10(6)9;1-6(10)7-2-3-8-5-9(8)4-7;9-5-6-1-2-7-4-8(7)3-6;1-7-5-3-2-4-6-7;2*1-2-4-6-5-3-1;9*1-2;2-1-3;;;;2-1-4(3)5;1-3-2;1-2;;;/h3-6H,1-2H3;2-5H,1H3;1-4,9H,5H2;7H,2-6H2,1H3;2*1H,2-6H2;9*1-2H3;1H2;3*1H4;5H2;3H;2H2;;;/q;2*-1;;2*-1;;;;;;;;;;;;;;;;;;2*+2. The number of hydrogen-bond donors (Lipinski definition) is 1. The van der Waals surface area contributed by atoms with Gasteiger partial charge in [0.25, 0.3) is 0 Å². The molecular formula is C68H133BI8O3P3V3. The number of Topliss-reactive ketones (excluding diaryl/α,β-unsaturated/α-hetero) is 2. The Balaban J connectivity index is -0.0000000445. The average molecular weight is 2270 g/mol. The van der Waals surface area contributed by atoms with Crippen molar-refractivity contribution in [2.24, 2.45) is 5.92 Å². The van der Waals surface area contributed by atoms with Gasteiger partial charge in [0.2, 0.25) is 0 Å². The number of rotatable bonds is 4. The SMILES string of the molecule is C.C.C.CC.CC.CC.CC.CC.CC.CC.CC.CC.CC(=O)c1ccc2c(c1)C2C.CC(=O)c1ccc2c(c1)[CH-]2.CC1CCCCC1.ICI.IPI.OCc1ccc2c(c1)[CH-]2.PI.PI(I)[B]I.[CH-]1CCCCC1.[CH-]1CCCCC1.[V+2].[V+2].[V]. The van der Waals surface area contributed by atoms with Gasteiger partial charge in [-0.1, -0.05) is 329 Å². The molecule has 0 aromatic heterocycles. The Morgan fingerprint density at radius 2 is 0.849 bits per heavy atom. The zero-order valence-corrected chi connectivity index (χ0v) is 80.8. The quantitative estimate of drug-likeness (QED) is 0.0487. The third kappa shape index (κ3) is 93.8. The smallest absolute Gasteiger partial charge is 0.328 e. The first-order valence-corrected chi connectivity index (χ1v) is 57.5. The molecule has 18 heteroatoms. The van der Waals surface area contributed by atoms with E-state index in [4.69, 9.17) is 5.11 Å². The number of carbonyl (C=O) groups excluding carboxylic acids is 2. The van der Waals surface area contributed by atoms with Gasteiger partial charge in [0.1, 0.15) is 0 Å². The maximum Gasteiger partial charge on any atom is 2.00 e. The van der Waals surface area contributed by atoms with Crippen LogP contribution >= 0.6 is 185 Å². The molecule has 6 aliphatic rings. The maximum atomic E-state index is 10.9. The summed E-state index contributed by atoms with van der Waals surface area (Å²) in [6.45, 7) is 49.1. The first-order chi connectivity index (χ1) is 38.9. The number of ketones is 2. The zero-order chi connectivity index (χ0) is 64.7. The Morgan fingerprint density at radius 3 is 1.07 bits per heavy atom. The summed E-state index contributed by atoms with van der Waals surface area (Å²) in [6.07, 6.45) is 30.6. The molecule has 9 rings (SSSR count). The van der Waals surface area contributed by atoms with Crippen LogP contribution in [0.5, 0.6) is 0 Å². The molecule has 3 saturated carbocycles. The minimum Gasteiger partial charge on any atom is -0.328 e. The van der Waals surface area contributed by atoms with Crippen LogP contribution < -0.4 is 0 Å². The van der Waals surface area contributed by atoms with E-state index in [1.807, 2.05) is 173 Å². The molecule has 3 nitrogen and oxygen atoms in total. The molecule has 3 unspecified atom stereocenters. The van der Waals surface area contributed by atoms with Crippen LogP contribution in [0.1, 0.15) is 336 Å². The fourth-order valence-electron chi connectivity index (χ4n) is 6.51. The van der Waals surface area contributed by atoms with Gasteiger partial charge < -0.3 is 17.9 Å². The van der Waals surface area contributed by atoms with Gasteiger partial charge >= 0.3 is 103 Å². The molecule has 4 radical (unpaired) electrons. The van der Waals surface area contributed by atoms with E-state index >= 15 is 0 Å². The molecule has 86 heavy (non-hydrogen) atoms. The molecular weight excluding hydrogens is 2140 g/mol. The van der Waals surface area contributed by atoms with Gasteiger partial charge in [-0.2, -0.15) is 72.9 Å². The average Bonchev–Trinajstić information content (AvgIpc) is 4.50. The van der Waals surface area contributed by atoms with Gasteiger partial charge in [0.05, 0.1) is 9.04 Å². The van der Waals surface area contributed by atoms with Crippen LogP contribution in [0.4, 0.5) is 0 Å². The van der Waals surface area contributed by atoms with Crippen LogP contribution in [0.25, 0.3) is 0 Å². The summed E-state index contributed by atoms with van der Waals surface area (Å²) in [4.78, 5) is 21.7. The van der Waals surface area contributed by atoms with Gasteiger partial charge in [0, 0.05) is 33.9 Å². The van der Waals surface area contributed by atoms with E-state index in [0.29, 0.717) is 5.92 Å². The van der Waals surface area contributed by atoms with Crippen LogP contribution in [0.3, 0.4) is 0 Å². The Morgan fingerprint density at radius 1 is 0.558 bits per heavy atom. The van der Waals surface area contributed by atoms with Crippen molar-refractivity contribution in [3.05, 3.63) is 130 Å². The molecule has 3 aromatic rings. The van der Waals surface area contributed by atoms with Crippen molar-refractivity contribution in [2.75, 3.05) is 2.43 Å². The van der Waals surface area contributed by atoms with Crippen LogP contribution in [0.2, 0.25) is 0 Å². The minimum atomic E-state index is -0.534. The molecule has 0 saturated heterocycles. The summed E-state index contributed by atoms with van der Waals surface area (Å²) < 4.78 is 4.46. The largest absolute Gasteiger partial charge is 2.00 e. The van der Waals surface area contributed by atoms with Crippen molar-refractivity contribution in [1.82, 2.24) is 0 Å². The van der Waals surface area contributed by atoms with E-state index in [-0.39, 0.29) is 96.1 Å². The predicted octanol–water partition coefficient (Wildman–Crippen LogP) is 31.3. The van der Waals surface area contributed by atoms with E-state index in [0.717, 1.165) is 26.5 Å². The maximum absolute atomic E-state index is 10.9. The summed E-state index contributed by atoms with van der Waals surface area (Å²) in [7, 11) is 0. The molecule has 3 fully saturated rings. The number of benzene rings is 3. The van der Waals surface area contributed by atoms with Gasteiger partial charge in [0.15, 0.2) is 11.6 Å². The molecule has 0 spiro atoms. The third-order valence-electron chi connectivity index (χ3n) is 10.2. The normalized spacial score (nSPS) is 12.2. The summed E-state index contributed by atoms with van der Waals surface area (Å²) in [5, 5.41) is 8.67. The number of halogens is 8. The van der Waals surface area contributed by atoms with E-state index < -0.39 is 15.1 Å². The molecule has 6 aliphatic carbocycles. The number of carbonyl (C=O) groups is 2. The Hall–Kier alpha value is 5.65. The van der Waals surface area contributed by atoms with Crippen LogP contribution in [0, 0.1) is 31.6 Å². The van der Waals surface area contributed by atoms with Crippen LogP contribution in [-0.2, 0) is 62.3 Å². The van der Waals surface area contributed by atoms with Crippen molar-refractivity contribution >= 4 is 200 Å². The summed E-state index contributed by atoms with van der Waals surface area (Å²) in [5.74, 6) is 1.94. The van der Waals surface area contributed by atoms with Gasteiger partial charge in [-0.15, -0.1) is 18.2 Å². The molecule has 0 aliphatic heterocycles. The minimum absolute atomic E-state index is 0. The van der Waals surface area contributed by atoms with Crippen molar-refractivity contribution in [1.29, 1.82) is 0 Å². The number of fused-ring (bicyclic) bond motifs is 3. The number of alkyl halides is 2. The second kappa shape index (κ2) is 115. The fourth-order valence-corrected chi connectivity index (χ4v) is 6.51. The van der Waals surface area contributed by atoms with Gasteiger partial charge in [-0.25, -0.2) is 0 Å². The van der Waals surface area contributed by atoms with E-state index in [2.05, 4.69) is 215 Å². The van der Waals surface area contributed by atoms with Crippen LogP contribution in [-0.4, -0.2) is 22.1 Å². The second-order valence-corrected chi connectivity index (χ2v) is 49.8. The first kappa shape index (κ1) is 132. The molecule has 0 bridgehead atoms. The van der Waals surface area contributed by atoms with Gasteiger partial charge in [-0.05, 0) is 86.6 Å². The number of aliphatic hydroxyl groups excluding tert-OH is 1. The first-order valence-electron chi connectivity index (χ1n) is 30.1. The third-order valence-corrected chi connectivity index (χ3v) is 26.0. The second-order valence-electron chi connectivity index (χ2n) is 15.1. The Bertz CT molecular complexity index is 1610. The molecule has 0 heterocycles. The Labute approximate surface area is 681 Å². The van der Waals surface area contributed by atoms with Crippen molar-refractivity contribution < 1.29 is 70.4 Å². The topological polar surface area (TPSA) is 54.4 Å². The van der Waals surface area contributed by atoms with E-state index in [1.165, 1.54) is 132 Å². The van der Waals surface area contributed by atoms with E-state index in [1.54, 1.807) is 13.8 Å². The van der Waals surface area contributed by atoms with Gasteiger partial charge in [-0.3, -0.25) is 9.59 Å². The molecule has 512 valence electrons. The molecule has 0 amide bonds. The summed E-state index contributed by atoms with van der Waals surface area (Å²) in [6, 6.07) is 17.7. The monoisotopic (exact) mass is 2270 g/mol. The van der Waals surface area contributed by atoms with E-state index in [9.17, 15) is 9.59 Å². The van der Waals surface area contributed by atoms with Crippen molar-refractivity contribution in [2.45, 2.75) is 283 Å².